The van der Waals surface area contributed by atoms with Crippen LogP contribution in [0, 0.1) is 0 Å². The zero-order chi connectivity index (χ0) is 17.4. The lowest BCUT2D eigenvalue weighted by Crippen LogP contribution is -2.37. The first kappa shape index (κ1) is 15.5. The highest BCUT2D eigenvalue weighted by Crippen LogP contribution is 2.29. The summed E-state index contributed by atoms with van der Waals surface area (Å²) < 4.78 is 1.92. The first-order valence-electron chi connectivity index (χ1n) is 8.44. The molecule has 0 spiro atoms. The number of fused-ring (bicyclic) bond motifs is 2. The van der Waals surface area contributed by atoms with E-state index in [4.69, 9.17) is 0 Å². The minimum atomic E-state index is 0.0459. The topological polar surface area (TPSA) is 41.3 Å². The van der Waals surface area contributed by atoms with Crippen molar-refractivity contribution in [3.8, 4) is 0 Å². The first-order valence-corrected chi connectivity index (χ1v) is 8.44. The van der Waals surface area contributed by atoms with Crippen LogP contribution in [0.3, 0.4) is 0 Å². The van der Waals surface area contributed by atoms with Gasteiger partial charge in [0.05, 0.1) is 0 Å². The predicted octanol–water partition coefficient (Wildman–Crippen LogP) is 2.92. The van der Waals surface area contributed by atoms with Crippen molar-refractivity contribution in [2.75, 3.05) is 11.4 Å². The Morgan fingerprint density at radius 1 is 1.08 bits per heavy atom. The van der Waals surface area contributed by atoms with Crippen LogP contribution in [-0.4, -0.2) is 18.2 Å². The largest absolute Gasteiger partial charge is 0.312 e. The van der Waals surface area contributed by atoms with E-state index in [0.717, 1.165) is 28.4 Å². The third-order valence-corrected chi connectivity index (χ3v) is 4.75. The van der Waals surface area contributed by atoms with Gasteiger partial charge in [-0.1, -0.05) is 18.2 Å². The minimum Gasteiger partial charge on any atom is -0.312 e. The van der Waals surface area contributed by atoms with Crippen molar-refractivity contribution in [2.45, 2.75) is 19.9 Å². The molecule has 0 unspecified atom stereocenters. The number of hydrogen-bond acceptors (Lipinski definition) is 2. The number of pyridine rings is 1. The van der Waals surface area contributed by atoms with Gasteiger partial charge in [0.15, 0.2) is 12.4 Å². The number of carbonyl (C=O) groups is 2. The summed E-state index contributed by atoms with van der Waals surface area (Å²) in [5, 5.41) is 2.27. The maximum Gasteiger partial charge on any atom is 0.227 e. The van der Waals surface area contributed by atoms with E-state index in [9.17, 15) is 9.59 Å². The number of anilines is 1. The fourth-order valence-electron chi connectivity index (χ4n) is 3.44. The second-order valence-electron chi connectivity index (χ2n) is 6.43. The molecular formula is C21H19N2O2+. The van der Waals surface area contributed by atoms with Crippen LogP contribution in [0.2, 0.25) is 0 Å². The second-order valence-corrected chi connectivity index (χ2v) is 6.43. The van der Waals surface area contributed by atoms with E-state index < -0.39 is 0 Å². The molecule has 0 aliphatic carbocycles. The summed E-state index contributed by atoms with van der Waals surface area (Å²) in [5.74, 6) is 0.119. The molecule has 0 radical (unpaired) electrons. The van der Waals surface area contributed by atoms with Gasteiger partial charge >= 0.3 is 0 Å². The summed E-state index contributed by atoms with van der Waals surface area (Å²) in [6.07, 6.45) is 4.74. The third kappa shape index (κ3) is 2.91. The lowest BCUT2D eigenvalue weighted by molar-refractivity contribution is -0.681. The van der Waals surface area contributed by atoms with E-state index in [1.54, 1.807) is 11.8 Å². The number of benzene rings is 2. The van der Waals surface area contributed by atoms with Gasteiger partial charge in [0, 0.05) is 36.2 Å². The zero-order valence-electron chi connectivity index (χ0n) is 14.1. The van der Waals surface area contributed by atoms with Crippen LogP contribution >= 0.6 is 0 Å². The average Bonchev–Trinajstić information content (AvgIpc) is 3.05. The molecule has 0 atom stereocenters. The summed E-state index contributed by atoms with van der Waals surface area (Å²) >= 11 is 0. The van der Waals surface area contributed by atoms with Crippen LogP contribution < -0.4 is 9.47 Å². The van der Waals surface area contributed by atoms with Crippen LogP contribution in [-0.2, 0) is 17.8 Å². The van der Waals surface area contributed by atoms with Gasteiger partial charge < -0.3 is 4.90 Å². The van der Waals surface area contributed by atoms with Gasteiger partial charge in [-0.05, 0) is 41.6 Å². The highest BCUT2D eigenvalue weighted by Gasteiger charge is 2.23. The lowest BCUT2D eigenvalue weighted by atomic mass is 10.0. The van der Waals surface area contributed by atoms with Crippen molar-refractivity contribution in [3.63, 3.8) is 0 Å². The number of Topliss-reactive ketones (excluding diaryl/α,β-unsaturated/α-hetero) is 1. The Hall–Kier alpha value is -3.01. The van der Waals surface area contributed by atoms with Gasteiger partial charge in [-0.25, -0.2) is 0 Å². The predicted molar refractivity (Wildman–Crippen MR) is 96.6 cm³/mol. The molecule has 2 heterocycles. The molecule has 4 nitrogen and oxygen atoms in total. The second kappa shape index (κ2) is 6.13. The molecule has 1 aliphatic rings. The molecule has 4 rings (SSSR count). The highest BCUT2D eigenvalue weighted by atomic mass is 16.2. The van der Waals surface area contributed by atoms with Crippen LogP contribution in [0.15, 0.2) is 60.9 Å². The number of carbonyl (C=O) groups excluding carboxylic acids is 2. The Bertz CT molecular complexity index is 994. The molecule has 1 aromatic heterocycles. The van der Waals surface area contributed by atoms with E-state index in [2.05, 4.69) is 6.07 Å². The summed E-state index contributed by atoms with van der Waals surface area (Å²) in [7, 11) is 0. The number of amides is 1. The summed E-state index contributed by atoms with van der Waals surface area (Å²) in [5.41, 5.74) is 2.71. The Kier molecular flexibility index (Phi) is 3.80. The number of rotatable bonds is 3. The molecule has 0 saturated carbocycles. The van der Waals surface area contributed by atoms with Gasteiger partial charge in [0.2, 0.25) is 18.2 Å². The number of aromatic nitrogens is 1. The van der Waals surface area contributed by atoms with E-state index in [-0.39, 0.29) is 11.7 Å². The van der Waals surface area contributed by atoms with Gasteiger partial charge in [-0.15, -0.1) is 0 Å². The van der Waals surface area contributed by atoms with Gasteiger partial charge in [0.1, 0.15) is 0 Å². The van der Waals surface area contributed by atoms with E-state index in [1.165, 1.54) is 0 Å². The maximum absolute atomic E-state index is 12.7. The van der Waals surface area contributed by atoms with Crippen molar-refractivity contribution in [1.82, 2.24) is 0 Å². The Morgan fingerprint density at radius 2 is 1.88 bits per heavy atom. The molecule has 0 saturated heterocycles. The number of ketones is 1. The summed E-state index contributed by atoms with van der Waals surface area (Å²) in [4.78, 5) is 26.1. The maximum atomic E-state index is 12.7. The molecule has 0 fully saturated rings. The molecule has 0 N–H and O–H groups in total. The first-order chi connectivity index (χ1) is 12.1. The van der Waals surface area contributed by atoms with Crippen molar-refractivity contribution < 1.29 is 14.2 Å². The smallest absolute Gasteiger partial charge is 0.227 e. The van der Waals surface area contributed by atoms with Crippen molar-refractivity contribution >= 4 is 28.2 Å². The average molecular weight is 331 g/mol. The normalized spacial score (nSPS) is 13.1. The molecule has 1 amide bonds. The highest BCUT2D eigenvalue weighted by molar-refractivity contribution is 5.98. The molecule has 0 bridgehead atoms. The lowest BCUT2D eigenvalue weighted by Gasteiger charge is -2.14. The number of nitrogens with zero attached hydrogens (tertiary/aromatic N) is 2. The Labute approximate surface area is 146 Å². The van der Waals surface area contributed by atoms with E-state index in [0.29, 0.717) is 18.7 Å². The van der Waals surface area contributed by atoms with Crippen LogP contribution in [0.1, 0.15) is 22.8 Å². The van der Waals surface area contributed by atoms with Gasteiger partial charge in [-0.2, -0.15) is 4.57 Å². The van der Waals surface area contributed by atoms with Gasteiger partial charge in [-0.3, -0.25) is 9.59 Å². The molecule has 3 aromatic rings. The standard InChI is InChI=1S/C21H19N2O2/c1-15(24)23-11-9-17-12-18(6-7-20(17)23)21(25)14-22-10-8-16-4-2-3-5-19(16)13-22/h2-8,10,12-13H,9,11,14H2,1H3/q+1. The molecule has 25 heavy (non-hydrogen) atoms. The third-order valence-electron chi connectivity index (χ3n) is 4.75. The Balaban J connectivity index is 1.58. The quantitative estimate of drug-likeness (QED) is 0.547. The number of hydrogen-bond donors (Lipinski definition) is 0. The SMILES string of the molecule is CC(=O)N1CCc2cc(C(=O)C[n+]3ccc4ccccc4c3)ccc21. The fourth-order valence-corrected chi connectivity index (χ4v) is 3.44. The van der Waals surface area contributed by atoms with Gasteiger partial charge in [0.25, 0.3) is 0 Å². The van der Waals surface area contributed by atoms with E-state index in [1.807, 2.05) is 59.4 Å². The monoisotopic (exact) mass is 331 g/mol. The zero-order valence-corrected chi connectivity index (χ0v) is 14.1. The summed E-state index contributed by atoms with van der Waals surface area (Å²) in [6, 6.07) is 15.8. The van der Waals surface area contributed by atoms with Crippen molar-refractivity contribution in [3.05, 3.63) is 72.1 Å². The van der Waals surface area contributed by atoms with Crippen molar-refractivity contribution in [1.29, 1.82) is 0 Å². The molecular weight excluding hydrogens is 312 g/mol. The summed E-state index contributed by atoms with van der Waals surface area (Å²) in [6.45, 7) is 2.58. The molecule has 4 heteroatoms. The van der Waals surface area contributed by atoms with E-state index >= 15 is 0 Å². The van der Waals surface area contributed by atoms with Crippen LogP contribution in [0.4, 0.5) is 5.69 Å². The molecule has 1 aliphatic heterocycles. The van der Waals surface area contributed by atoms with Crippen LogP contribution in [0.5, 0.6) is 0 Å². The minimum absolute atomic E-state index is 0.0459. The van der Waals surface area contributed by atoms with Crippen LogP contribution in [0.25, 0.3) is 10.8 Å². The fraction of sp³-hybridized carbons (Fsp3) is 0.190. The van der Waals surface area contributed by atoms with Crippen molar-refractivity contribution in [2.24, 2.45) is 0 Å². The Morgan fingerprint density at radius 3 is 2.68 bits per heavy atom. The molecule has 2 aromatic carbocycles. The molecule has 124 valence electrons.